The van der Waals surface area contributed by atoms with Crippen LogP contribution in [0.25, 0.3) is 0 Å². The lowest BCUT2D eigenvalue weighted by molar-refractivity contribution is 0.169. The second-order valence-corrected chi connectivity index (χ2v) is 5.13. The molecule has 0 fully saturated rings. The number of hydrogen-bond donors (Lipinski definition) is 1. The first kappa shape index (κ1) is 13.9. The summed E-state index contributed by atoms with van der Waals surface area (Å²) in [6.45, 7) is 4.28. The van der Waals surface area contributed by atoms with Gasteiger partial charge in [-0.15, -0.1) is 0 Å². The van der Waals surface area contributed by atoms with E-state index in [0.717, 1.165) is 35.6 Å². The number of fused-ring (bicyclic) bond motifs is 1. The van der Waals surface area contributed by atoms with Gasteiger partial charge in [0.05, 0.1) is 12.2 Å². The molecule has 1 aliphatic heterocycles. The summed E-state index contributed by atoms with van der Waals surface area (Å²) in [6.07, 6.45) is 5.08. The first-order valence-electron chi connectivity index (χ1n) is 7.41. The minimum atomic E-state index is 0.0484. The van der Waals surface area contributed by atoms with Crippen LogP contribution in [0.15, 0.2) is 30.6 Å². The van der Waals surface area contributed by atoms with E-state index in [1.54, 1.807) is 0 Å². The van der Waals surface area contributed by atoms with Crippen molar-refractivity contribution in [2.75, 3.05) is 20.3 Å². The van der Waals surface area contributed by atoms with E-state index in [-0.39, 0.29) is 6.04 Å². The van der Waals surface area contributed by atoms with Gasteiger partial charge in [0, 0.05) is 23.9 Å². The lowest BCUT2D eigenvalue weighted by Gasteiger charge is -2.24. The number of aromatic nitrogens is 2. The van der Waals surface area contributed by atoms with Gasteiger partial charge in [0.15, 0.2) is 11.5 Å². The van der Waals surface area contributed by atoms with E-state index in [9.17, 15) is 0 Å². The number of hydrogen-bond acceptors (Lipinski definition) is 4. The highest BCUT2D eigenvalue weighted by atomic mass is 16.6. The van der Waals surface area contributed by atoms with E-state index in [2.05, 4.69) is 29.6 Å². The van der Waals surface area contributed by atoms with Gasteiger partial charge < -0.3 is 14.8 Å². The number of ether oxygens (including phenoxy) is 2. The highest BCUT2D eigenvalue weighted by Gasteiger charge is 2.23. The fourth-order valence-corrected chi connectivity index (χ4v) is 2.71. The van der Waals surface area contributed by atoms with Gasteiger partial charge in [-0.3, -0.25) is 4.68 Å². The van der Waals surface area contributed by atoms with Gasteiger partial charge in [-0.2, -0.15) is 5.10 Å². The molecular weight excluding hydrogens is 266 g/mol. The molecule has 1 aromatic carbocycles. The lowest BCUT2D eigenvalue weighted by Crippen LogP contribution is -2.22. The molecule has 0 aliphatic carbocycles. The lowest BCUT2D eigenvalue weighted by atomic mass is 10.00. The first-order valence-corrected chi connectivity index (χ1v) is 7.41. The summed E-state index contributed by atoms with van der Waals surface area (Å²) in [4.78, 5) is 0. The molecule has 0 radical (unpaired) electrons. The second kappa shape index (κ2) is 6.18. The molecule has 5 heteroatoms. The molecule has 0 amide bonds. The Morgan fingerprint density at radius 2 is 2.19 bits per heavy atom. The van der Waals surface area contributed by atoms with Crippen LogP contribution >= 0.6 is 0 Å². The van der Waals surface area contributed by atoms with E-state index in [1.165, 1.54) is 0 Å². The summed E-state index contributed by atoms with van der Waals surface area (Å²) in [5.74, 6) is 1.66. The summed E-state index contributed by atoms with van der Waals surface area (Å²) in [7, 11) is 1.95. The fourth-order valence-electron chi connectivity index (χ4n) is 2.71. The molecule has 112 valence electrons. The van der Waals surface area contributed by atoms with Crippen molar-refractivity contribution in [3.8, 4) is 11.5 Å². The van der Waals surface area contributed by atoms with Crippen LogP contribution in [0.2, 0.25) is 0 Å². The van der Waals surface area contributed by atoms with Crippen LogP contribution in [0.5, 0.6) is 11.5 Å². The van der Waals surface area contributed by atoms with E-state index in [1.807, 2.05) is 30.1 Å². The van der Waals surface area contributed by atoms with Crippen molar-refractivity contribution in [3.05, 3.63) is 41.7 Å². The molecular formula is C16H21N3O2. The predicted octanol–water partition coefficient (Wildman–Crippen LogP) is 2.37. The summed E-state index contributed by atoms with van der Waals surface area (Å²) in [5, 5.41) is 7.77. The average molecular weight is 287 g/mol. The topological polar surface area (TPSA) is 48.3 Å². The van der Waals surface area contributed by atoms with Crippen molar-refractivity contribution in [1.82, 2.24) is 15.1 Å². The van der Waals surface area contributed by atoms with Crippen LogP contribution < -0.4 is 14.8 Å². The van der Waals surface area contributed by atoms with Crippen LogP contribution in [-0.2, 0) is 6.54 Å². The Kier molecular flexibility index (Phi) is 4.10. The van der Waals surface area contributed by atoms with Crippen LogP contribution in [0.4, 0.5) is 0 Å². The molecule has 0 saturated carbocycles. The predicted molar refractivity (Wildman–Crippen MR) is 80.9 cm³/mol. The quantitative estimate of drug-likeness (QED) is 0.917. The molecule has 2 heterocycles. The maximum absolute atomic E-state index is 5.82. The Hall–Kier alpha value is -2.01. The van der Waals surface area contributed by atoms with Crippen molar-refractivity contribution >= 4 is 0 Å². The van der Waals surface area contributed by atoms with Gasteiger partial charge in [-0.05, 0) is 19.5 Å². The van der Waals surface area contributed by atoms with E-state index < -0.39 is 0 Å². The highest BCUT2D eigenvalue weighted by Crippen LogP contribution is 2.38. The van der Waals surface area contributed by atoms with Crippen LogP contribution in [0.1, 0.15) is 30.5 Å². The normalized spacial score (nSPS) is 15.0. The molecule has 3 rings (SSSR count). The van der Waals surface area contributed by atoms with Gasteiger partial charge >= 0.3 is 0 Å². The SMILES string of the molecule is CCCn1cc(C(NC)c2cccc3c2OCCO3)cn1. The molecule has 2 aromatic rings. The van der Waals surface area contributed by atoms with E-state index in [0.29, 0.717) is 13.2 Å². The van der Waals surface area contributed by atoms with Gasteiger partial charge in [0.2, 0.25) is 0 Å². The summed E-state index contributed by atoms with van der Waals surface area (Å²) >= 11 is 0. The zero-order valence-electron chi connectivity index (χ0n) is 12.5. The van der Waals surface area contributed by atoms with Crippen LogP contribution in [-0.4, -0.2) is 30.0 Å². The number of benzene rings is 1. The Bertz CT molecular complexity index is 609. The zero-order valence-corrected chi connectivity index (χ0v) is 12.5. The summed E-state index contributed by atoms with van der Waals surface area (Å²) < 4.78 is 13.5. The summed E-state index contributed by atoms with van der Waals surface area (Å²) in [5.41, 5.74) is 2.22. The van der Waals surface area contributed by atoms with E-state index >= 15 is 0 Å². The number of nitrogens with one attached hydrogen (secondary N) is 1. The monoisotopic (exact) mass is 287 g/mol. The fraction of sp³-hybridized carbons (Fsp3) is 0.438. The largest absolute Gasteiger partial charge is 0.486 e. The first-order chi connectivity index (χ1) is 10.3. The molecule has 0 spiro atoms. The van der Waals surface area contributed by atoms with Crippen molar-refractivity contribution in [3.63, 3.8) is 0 Å². The van der Waals surface area contributed by atoms with Gasteiger partial charge in [-0.1, -0.05) is 19.1 Å². The number of aryl methyl sites for hydroxylation is 1. The van der Waals surface area contributed by atoms with Gasteiger partial charge in [0.25, 0.3) is 0 Å². The van der Waals surface area contributed by atoms with Crippen LogP contribution in [0.3, 0.4) is 0 Å². The van der Waals surface area contributed by atoms with E-state index in [4.69, 9.17) is 9.47 Å². The molecule has 1 aromatic heterocycles. The average Bonchev–Trinajstić information content (AvgIpc) is 2.97. The molecule has 21 heavy (non-hydrogen) atoms. The smallest absolute Gasteiger partial charge is 0.166 e. The Morgan fingerprint density at radius 3 is 3.00 bits per heavy atom. The number of rotatable bonds is 5. The second-order valence-electron chi connectivity index (χ2n) is 5.13. The molecule has 1 atom stereocenters. The number of nitrogens with zero attached hydrogens (tertiary/aromatic N) is 2. The van der Waals surface area contributed by atoms with Crippen molar-refractivity contribution in [2.45, 2.75) is 25.9 Å². The molecule has 1 aliphatic rings. The minimum Gasteiger partial charge on any atom is -0.486 e. The zero-order chi connectivity index (χ0) is 14.7. The van der Waals surface area contributed by atoms with Crippen LogP contribution in [0, 0.1) is 0 Å². The van der Waals surface area contributed by atoms with Gasteiger partial charge in [-0.25, -0.2) is 0 Å². The third kappa shape index (κ3) is 2.74. The molecule has 1 unspecified atom stereocenters. The Balaban J connectivity index is 1.95. The van der Waals surface area contributed by atoms with Crippen molar-refractivity contribution in [1.29, 1.82) is 0 Å². The Morgan fingerprint density at radius 1 is 1.33 bits per heavy atom. The van der Waals surface area contributed by atoms with Crippen molar-refractivity contribution < 1.29 is 9.47 Å². The summed E-state index contributed by atoms with van der Waals surface area (Å²) in [6, 6.07) is 6.08. The third-order valence-electron chi connectivity index (χ3n) is 3.64. The molecule has 5 nitrogen and oxygen atoms in total. The van der Waals surface area contributed by atoms with Gasteiger partial charge in [0.1, 0.15) is 13.2 Å². The maximum atomic E-state index is 5.82. The Labute approximate surface area is 124 Å². The molecule has 0 bridgehead atoms. The standard InChI is InChI=1S/C16H21N3O2/c1-3-7-19-11-12(10-18-19)15(17-2)13-5-4-6-14-16(13)21-9-8-20-14/h4-6,10-11,15,17H,3,7-9H2,1-2H3. The van der Waals surface area contributed by atoms with Crippen molar-refractivity contribution in [2.24, 2.45) is 0 Å². The molecule has 0 saturated heterocycles. The minimum absolute atomic E-state index is 0.0484. The maximum Gasteiger partial charge on any atom is 0.166 e. The highest BCUT2D eigenvalue weighted by molar-refractivity contribution is 5.51. The number of para-hydroxylation sites is 1. The third-order valence-corrected chi connectivity index (χ3v) is 3.64. The molecule has 1 N–H and O–H groups in total.